The van der Waals surface area contributed by atoms with E-state index in [4.69, 9.17) is 24.1 Å². The van der Waals surface area contributed by atoms with Crippen LogP contribution in [0.1, 0.15) is 34.1 Å². The Morgan fingerprint density at radius 2 is 1.47 bits per heavy atom. The molecule has 0 aliphatic heterocycles. The molecule has 0 aliphatic carbocycles. The first-order chi connectivity index (χ1) is 9.06. The number of hydrogen-bond donors (Lipinski definition) is 3. The molecule has 0 rings (SSSR count). The fourth-order valence-corrected chi connectivity index (χ4v) is 4.52. The second kappa shape index (κ2) is 12.4. The van der Waals surface area contributed by atoms with E-state index >= 15 is 0 Å². The smallest absolute Gasteiger partial charge is 0.400 e. The molecule has 2 amide bonds. The molecule has 116 valence electrons. The van der Waals surface area contributed by atoms with Crippen LogP contribution in [-0.2, 0) is 13.3 Å². The van der Waals surface area contributed by atoms with Gasteiger partial charge in [0.15, 0.2) is 0 Å². The molecule has 0 saturated carbocycles. The highest BCUT2D eigenvalue weighted by atomic mass is 28.4. The summed E-state index contributed by atoms with van der Waals surface area (Å²) in [5.74, 6) is 0. The minimum absolute atomic E-state index is 0.306. The molecule has 0 aromatic rings. The molecule has 0 fully saturated rings. The number of amides is 2. The second-order valence-electron chi connectivity index (χ2n) is 3.37. The Hall–Kier alpha value is -0.673. The van der Waals surface area contributed by atoms with E-state index in [-0.39, 0.29) is 5.67 Å². The topological polar surface area (TPSA) is 103 Å². The molecule has 0 heterocycles. The van der Waals surface area contributed by atoms with Gasteiger partial charge in [0.2, 0.25) is 0 Å². The molecule has 0 bridgehead atoms. The molecule has 0 aromatic carbocycles. The summed E-state index contributed by atoms with van der Waals surface area (Å²) in [4.78, 5) is 11.0. The molecule has 4 N–H and O–H groups in total. The number of aliphatic hydroxyl groups is 1. The van der Waals surface area contributed by atoms with Crippen molar-refractivity contribution in [3.63, 3.8) is 0 Å². The van der Waals surface area contributed by atoms with Crippen LogP contribution < -0.4 is 11.1 Å². The SMILES string of the molecule is CCO[Si](OCC)(OCC)C(CC)NC(N)=O.CO. The van der Waals surface area contributed by atoms with Gasteiger partial charge in [0.25, 0.3) is 0 Å². The summed E-state index contributed by atoms with van der Waals surface area (Å²) in [5.41, 5.74) is 4.85. The largest absolute Gasteiger partial charge is 0.524 e. The number of urea groups is 1. The standard InChI is InChI=1S/C10H24N2O4Si.CH4O/c1-5-9(12-10(11)13)17(14-6-2,15-7-3)16-8-4;1-2/h9H,5-8H2,1-4H3,(H3,11,12,13);2H,1H3. The lowest BCUT2D eigenvalue weighted by atomic mass is 10.5. The van der Waals surface area contributed by atoms with Crippen LogP contribution in [0.25, 0.3) is 0 Å². The average Bonchev–Trinajstić information content (AvgIpc) is 2.39. The molecule has 0 aromatic heterocycles. The first-order valence-electron chi connectivity index (χ1n) is 6.48. The maximum absolute atomic E-state index is 11.0. The maximum atomic E-state index is 11.0. The van der Waals surface area contributed by atoms with Crippen molar-refractivity contribution in [1.29, 1.82) is 0 Å². The number of primary amides is 1. The number of carbonyl (C=O) groups excluding carboxylic acids is 1. The Kier molecular flexibility index (Phi) is 13.4. The summed E-state index contributed by atoms with van der Waals surface area (Å²) < 4.78 is 17.1. The Bertz CT molecular complexity index is 214. The van der Waals surface area contributed by atoms with Crippen molar-refractivity contribution in [2.24, 2.45) is 5.73 Å². The van der Waals surface area contributed by atoms with Crippen molar-refractivity contribution in [2.45, 2.75) is 39.8 Å². The first-order valence-corrected chi connectivity index (χ1v) is 8.28. The van der Waals surface area contributed by atoms with E-state index in [2.05, 4.69) is 5.32 Å². The zero-order valence-electron chi connectivity index (χ0n) is 12.6. The van der Waals surface area contributed by atoms with E-state index < -0.39 is 14.8 Å². The van der Waals surface area contributed by atoms with Crippen molar-refractivity contribution in [2.75, 3.05) is 26.9 Å². The van der Waals surface area contributed by atoms with Gasteiger partial charge in [-0.3, -0.25) is 0 Å². The average molecular weight is 296 g/mol. The monoisotopic (exact) mass is 296 g/mol. The molecular formula is C11H28N2O5Si. The van der Waals surface area contributed by atoms with Gasteiger partial charge in [0, 0.05) is 26.9 Å². The van der Waals surface area contributed by atoms with Crippen molar-refractivity contribution < 1.29 is 23.2 Å². The van der Waals surface area contributed by atoms with Crippen LogP contribution in [0.15, 0.2) is 0 Å². The molecule has 0 aliphatic rings. The van der Waals surface area contributed by atoms with Gasteiger partial charge in [0.05, 0.1) is 0 Å². The Labute approximate surface area is 116 Å². The first kappa shape index (κ1) is 20.6. The van der Waals surface area contributed by atoms with Crippen LogP contribution in [0.5, 0.6) is 0 Å². The fourth-order valence-electron chi connectivity index (χ4n) is 1.64. The lowest BCUT2D eigenvalue weighted by molar-refractivity contribution is 0.0585. The Morgan fingerprint density at radius 3 is 1.68 bits per heavy atom. The summed E-state index contributed by atoms with van der Waals surface area (Å²) in [6.07, 6.45) is 0.648. The lowest BCUT2D eigenvalue weighted by Crippen LogP contribution is -2.63. The van der Waals surface area contributed by atoms with Crippen LogP contribution in [0.4, 0.5) is 4.79 Å². The predicted molar refractivity (Wildman–Crippen MR) is 75.6 cm³/mol. The Morgan fingerprint density at radius 1 is 1.11 bits per heavy atom. The number of aliphatic hydroxyl groups excluding tert-OH is 1. The number of carbonyl (C=O) groups is 1. The number of hydrogen-bond acceptors (Lipinski definition) is 5. The van der Waals surface area contributed by atoms with Crippen LogP contribution in [-0.4, -0.2) is 52.5 Å². The van der Waals surface area contributed by atoms with Crippen LogP contribution in [0, 0.1) is 0 Å². The number of rotatable bonds is 9. The van der Waals surface area contributed by atoms with Crippen LogP contribution >= 0.6 is 0 Å². The highest BCUT2D eigenvalue weighted by Gasteiger charge is 2.49. The normalized spacial score (nSPS) is 12.3. The van der Waals surface area contributed by atoms with Crippen molar-refractivity contribution in [1.82, 2.24) is 5.32 Å². The highest BCUT2D eigenvalue weighted by Crippen LogP contribution is 2.17. The van der Waals surface area contributed by atoms with Gasteiger partial charge in [-0.15, -0.1) is 0 Å². The fraction of sp³-hybridized carbons (Fsp3) is 0.909. The third-order valence-corrected chi connectivity index (χ3v) is 5.67. The van der Waals surface area contributed by atoms with Gasteiger partial charge in [-0.25, -0.2) is 4.79 Å². The zero-order valence-corrected chi connectivity index (χ0v) is 13.6. The highest BCUT2D eigenvalue weighted by molar-refractivity contribution is 6.62. The van der Waals surface area contributed by atoms with Crippen molar-refractivity contribution in [3.05, 3.63) is 0 Å². The van der Waals surface area contributed by atoms with E-state index in [1.807, 2.05) is 27.7 Å². The number of nitrogens with two attached hydrogens (primary N) is 1. The molecule has 0 radical (unpaired) electrons. The summed E-state index contributed by atoms with van der Waals surface area (Å²) >= 11 is 0. The molecule has 0 spiro atoms. The minimum Gasteiger partial charge on any atom is -0.400 e. The molecule has 1 atom stereocenters. The third-order valence-electron chi connectivity index (χ3n) is 2.19. The minimum atomic E-state index is -2.90. The van der Waals surface area contributed by atoms with E-state index in [0.717, 1.165) is 7.11 Å². The number of nitrogens with one attached hydrogen (secondary N) is 1. The van der Waals surface area contributed by atoms with Crippen LogP contribution in [0.3, 0.4) is 0 Å². The molecule has 8 heteroatoms. The summed E-state index contributed by atoms with van der Waals surface area (Å²) in [5, 5.41) is 9.65. The van der Waals surface area contributed by atoms with Crippen LogP contribution in [0.2, 0.25) is 0 Å². The summed E-state index contributed by atoms with van der Waals surface area (Å²) in [7, 11) is -1.90. The van der Waals surface area contributed by atoms with Gasteiger partial charge < -0.3 is 29.4 Å². The molecule has 7 nitrogen and oxygen atoms in total. The van der Waals surface area contributed by atoms with E-state index in [1.54, 1.807) is 0 Å². The van der Waals surface area contributed by atoms with Gasteiger partial charge >= 0.3 is 14.8 Å². The second-order valence-corrected chi connectivity index (χ2v) is 6.14. The van der Waals surface area contributed by atoms with Gasteiger partial charge in [-0.05, 0) is 27.2 Å². The molecule has 1 unspecified atom stereocenters. The predicted octanol–water partition coefficient (Wildman–Crippen LogP) is 0.629. The summed E-state index contributed by atoms with van der Waals surface area (Å²) in [6.45, 7) is 8.97. The van der Waals surface area contributed by atoms with E-state index in [1.165, 1.54) is 0 Å². The lowest BCUT2D eigenvalue weighted by Gasteiger charge is -2.34. The van der Waals surface area contributed by atoms with Crippen molar-refractivity contribution >= 4 is 14.8 Å². The van der Waals surface area contributed by atoms with Gasteiger partial charge in [-0.2, -0.15) is 0 Å². The third kappa shape index (κ3) is 7.48. The van der Waals surface area contributed by atoms with Crippen molar-refractivity contribution in [3.8, 4) is 0 Å². The maximum Gasteiger partial charge on any atom is 0.524 e. The Balaban J connectivity index is 0. The molecule has 19 heavy (non-hydrogen) atoms. The van der Waals surface area contributed by atoms with Gasteiger partial charge in [0.1, 0.15) is 5.67 Å². The quantitative estimate of drug-likeness (QED) is 0.541. The zero-order chi connectivity index (χ0) is 15.3. The van der Waals surface area contributed by atoms with E-state index in [0.29, 0.717) is 26.2 Å². The molecule has 0 saturated heterocycles. The van der Waals surface area contributed by atoms with Gasteiger partial charge in [-0.1, -0.05) is 6.92 Å². The summed E-state index contributed by atoms with van der Waals surface area (Å²) in [6, 6.07) is -0.590. The molecular weight excluding hydrogens is 268 g/mol. The van der Waals surface area contributed by atoms with E-state index in [9.17, 15) is 4.79 Å².